The van der Waals surface area contributed by atoms with Gasteiger partial charge < -0.3 is 10.2 Å². The van der Waals surface area contributed by atoms with Gasteiger partial charge in [0.25, 0.3) is 0 Å². The van der Waals surface area contributed by atoms with Gasteiger partial charge in [0.1, 0.15) is 0 Å². The minimum Gasteiger partial charge on any atom is -0.393 e. The first-order valence-corrected chi connectivity index (χ1v) is 10.6. The molecule has 0 aromatic rings. The fourth-order valence-electron chi connectivity index (χ4n) is 8.22. The van der Waals surface area contributed by atoms with E-state index in [1.54, 1.807) is 0 Å². The third-order valence-electron chi connectivity index (χ3n) is 10.2. The number of rotatable bonds is 1. The third kappa shape index (κ3) is 2.08. The normalized spacial score (nSPS) is 58.5. The van der Waals surface area contributed by atoms with Crippen molar-refractivity contribution in [3.63, 3.8) is 0 Å². The molecule has 0 amide bonds. The molecule has 0 spiro atoms. The van der Waals surface area contributed by atoms with E-state index in [4.69, 9.17) is 0 Å². The topological polar surface area (TPSA) is 40.5 Å². The summed E-state index contributed by atoms with van der Waals surface area (Å²) in [6.07, 6.45) is 10.9. The minimum absolute atomic E-state index is 0.0431. The van der Waals surface area contributed by atoms with E-state index in [1.165, 1.54) is 44.9 Å². The maximum atomic E-state index is 10.6. The van der Waals surface area contributed by atoms with Crippen molar-refractivity contribution in [1.82, 2.24) is 0 Å². The predicted molar refractivity (Wildman–Crippen MR) is 97.5 cm³/mol. The highest BCUT2D eigenvalue weighted by atomic mass is 16.3. The summed E-state index contributed by atoms with van der Waals surface area (Å²) in [7, 11) is 0. The van der Waals surface area contributed by atoms with Crippen molar-refractivity contribution in [3.05, 3.63) is 0 Å². The zero-order chi connectivity index (χ0) is 17.3. The Morgan fingerprint density at radius 2 is 1.58 bits per heavy atom. The first-order valence-electron chi connectivity index (χ1n) is 10.6. The Bertz CT molecular complexity index is 502. The molecule has 0 aromatic heterocycles. The molecule has 0 aromatic carbocycles. The summed E-state index contributed by atoms with van der Waals surface area (Å²) in [5.74, 6) is 3.27. The molecule has 2 heteroatoms. The van der Waals surface area contributed by atoms with Crippen LogP contribution in [0.15, 0.2) is 0 Å². The highest BCUT2D eigenvalue weighted by molar-refractivity contribution is 5.13. The molecule has 4 fully saturated rings. The van der Waals surface area contributed by atoms with E-state index in [1.807, 2.05) is 6.92 Å². The molecule has 9 atom stereocenters. The minimum atomic E-state index is -0.194. The Morgan fingerprint density at radius 1 is 0.875 bits per heavy atom. The van der Waals surface area contributed by atoms with E-state index in [0.717, 1.165) is 36.5 Å². The van der Waals surface area contributed by atoms with Gasteiger partial charge >= 0.3 is 0 Å². The van der Waals surface area contributed by atoms with Gasteiger partial charge in [0.2, 0.25) is 0 Å². The summed E-state index contributed by atoms with van der Waals surface area (Å²) in [4.78, 5) is 0. The molecule has 2 N–H and O–H groups in total. The van der Waals surface area contributed by atoms with Crippen molar-refractivity contribution in [2.45, 2.75) is 97.7 Å². The highest BCUT2D eigenvalue weighted by Gasteiger charge is 2.64. The molecule has 4 aliphatic carbocycles. The van der Waals surface area contributed by atoms with E-state index in [-0.39, 0.29) is 17.6 Å². The van der Waals surface area contributed by atoms with Gasteiger partial charge in [-0.2, -0.15) is 0 Å². The van der Waals surface area contributed by atoms with Gasteiger partial charge in [0.05, 0.1) is 12.2 Å². The summed E-state index contributed by atoms with van der Waals surface area (Å²) >= 11 is 0. The molecule has 4 rings (SSSR count). The van der Waals surface area contributed by atoms with Gasteiger partial charge in [-0.3, -0.25) is 0 Å². The summed E-state index contributed by atoms with van der Waals surface area (Å²) in [6, 6.07) is 0. The van der Waals surface area contributed by atoms with Crippen molar-refractivity contribution in [2.75, 3.05) is 0 Å². The first kappa shape index (κ1) is 17.3. The monoisotopic (exact) mass is 334 g/mol. The van der Waals surface area contributed by atoms with Crippen LogP contribution in [0.25, 0.3) is 0 Å². The van der Waals surface area contributed by atoms with Crippen LogP contribution >= 0.6 is 0 Å². The van der Waals surface area contributed by atoms with Crippen LogP contribution in [0.1, 0.15) is 85.5 Å². The van der Waals surface area contributed by atoms with Crippen molar-refractivity contribution in [3.8, 4) is 0 Å². The second-order valence-electron chi connectivity index (χ2n) is 10.7. The van der Waals surface area contributed by atoms with Crippen LogP contribution in [0, 0.1) is 39.9 Å². The van der Waals surface area contributed by atoms with Crippen molar-refractivity contribution >= 4 is 0 Å². The van der Waals surface area contributed by atoms with E-state index in [0.29, 0.717) is 10.8 Å². The third-order valence-corrected chi connectivity index (χ3v) is 10.2. The summed E-state index contributed by atoms with van der Waals surface area (Å²) < 4.78 is 0. The number of hydrogen-bond acceptors (Lipinski definition) is 2. The molecule has 4 aliphatic rings. The second kappa shape index (κ2) is 5.46. The van der Waals surface area contributed by atoms with Crippen LogP contribution in [0.3, 0.4) is 0 Å². The fraction of sp³-hybridized carbons (Fsp3) is 1.00. The summed E-state index contributed by atoms with van der Waals surface area (Å²) in [5, 5.41) is 20.7. The SMILES string of the molecule is CC(O)[C@]1(C)CCC2C3CCC4CC(O)CCC4(C)C3CCC21C. The number of hydrogen-bond donors (Lipinski definition) is 2. The molecule has 0 bridgehead atoms. The van der Waals surface area contributed by atoms with Gasteiger partial charge in [0.15, 0.2) is 0 Å². The maximum Gasteiger partial charge on any atom is 0.0570 e. The summed E-state index contributed by atoms with van der Waals surface area (Å²) in [5.41, 5.74) is 0.885. The number of aliphatic hydroxyl groups excluding tert-OH is 2. The van der Waals surface area contributed by atoms with E-state index < -0.39 is 0 Å². The lowest BCUT2D eigenvalue weighted by atomic mass is 9.43. The van der Waals surface area contributed by atoms with E-state index in [2.05, 4.69) is 20.8 Å². The predicted octanol–water partition coefficient (Wildman–Crippen LogP) is 4.78. The lowest BCUT2D eigenvalue weighted by molar-refractivity contribution is -0.149. The molecular formula is C22H38O2. The average molecular weight is 335 g/mol. The molecule has 0 radical (unpaired) electrons. The average Bonchev–Trinajstić information content (AvgIpc) is 2.81. The Morgan fingerprint density at radius 3 is 2.29 bits per heavy atom. The van der Waals surface area contributed by atoms with Gasteiger partial charge in [-0.15, -0.1) is 0 Å². The van der Waals surface area contributed by atoms with Gasteiger partial charge in [-0.1, -0.05) is 20.8 Å². The van der Waals surface area contributed by atoms with Crippen LogP contribution in [0.2, 0.25) is 0 Å². The van der Waals surface area contributed by atoms with Gasteiger partial charge in [-0.25, -0.2) is 0 Å². The largest absolute Gasteiger partial charge is 0.393 e. The second-order valence-corrected chi connectivity index (χ2v) is 10.7. The molecule has 24 heavy (non-hydrogen) atoms. The standard InChI is InChI=1S/C22H38O2/c1-14(23)21(3)11-9-19-17-6-5-15-13-16(24)7-10-20(15,2)18(17)8-12-22(19,21)4/h14-19,23-24H,5-13H2,1-4H3/t14?,15?,16?,17?,18?,19?,20?,21-,22?/m0/s1. The Labute approximate surface area is 148 Å². The Balaban J connectivity index is 1.63. The molecule has 138 valence electrons. The van der Waals surface area contributed by atoms with E-state index >= 15 is 0 Å². The summed E-state index contributed by atoms with van der Waals surface area (Å²) in [6.45, 7) is 9.46. The lowest BCUT2D eigenvalue weighted by Crippen LogP contribution is -2.56. The molecule has 0 aliphatic heterocycles. The van der Waals surface area contributed by atoms with Crippen molar-refractivity contribution < 1.29 is 10.2 Å². The van der Waals surface area contributed by atoms with Crippen molar-refractivity contribution in [1.29, 1.82) is 0 Å². The number of fused-ring (bicyclic) bond motifs is 5. The van der Waals surface area contributed by atoms with Crippen LogP contribution in [0.4, 0.5) is 0 Å². The molecule has 0 heterocycles. The van der Waals surface area contributed by atoms with Crippen LogP contribution in [0.5, 0.6) is 0 Å². The Hall–Kier alpha value is -0.0800. The quantitative estimate of drug-likeness (QED) is 0.724. The lowest BCUT2D eigenvalue weighted by Gasteiger charge is -2.62. The fourth-order valence-corrected chi connectivity index (χ4v) is 8.22. The Kier molecular flexibility index (Phi) is 3.94. The maximum absolute atomic E-state index is 10.6. The molecular weight excluding hydrogens is 296 g/mol. The van der Waals surface area contributed by atoms with Crippen LogP contribution in [-0.4, -0.2) is 22.4 Å². The number of aliphatic hydroxyl groups is 2. The van der Waals surface area contributed by atoms with E-state index in [9.17, 15) is 10.2 Å². The zero-order valence-electron chi connectivity index (χ0n) is 16.2. The van der Waals surface area contributed by atoms with Crippen LogP contribution in [-0.2, 0) is 0 Å². The smallest absolute Gasteiger partial charge is 0.0570 e. The zero-order valence-corrected chi connectivity index (χ0v) is 16.2. The highest BCUT2D eigenvalue weighted by Crippen LogP contribution is 2.70. The molecule has 0 saturated heterocycles. The first-order chi connectivity index (χ1) is 11.2. The molecule has 8 unspecified atom stereocenters. The van der Waals surface area contributed by atoms with Gasteiger partial charge in [-0.05, 0) is 105 Å². The molecule has 4 saturated carbocycles. The van der Waals surface area contributed by atoms with Crippen molar-refractivity contribution in [2.24, 2.45) is 39.9 Å². The van der Waals surface area contributed by atoms with Gasteiger partial charge in [0, 0.05) is 0 Å². The molecule has 2 nitrogen and oxygen atoms in total. The van der Waals surface area contributed by atoms with Crippen LogP contribution < -0.4 is 0 Å².